The van der Waals surface area contributed by atoms with Gasteiger partial charge in [0, 0.05) is 22.1 Å². The van der Waals surface area contributed by atoms with Gasteiger partial charge in [-0.3, -0.25) is 4.99 Å². The van der Waals surface area contributed by atoms with Gasteiger partial charge in [0.05, 0.1) is 29.3 Å². The molecule has 3 aromatic rings. The van der Waals surface area contributed by atoms with Gasteiger partial charge in [0.2, 0.25) is 0 Å². The molecule has 6 rings (SSSR count). The molecule has 29 heavy (non-hydrogen) atoms. The van der Waals surface area contributed by atoms with Crippen molar-refractivity contribution in [2.24, 2.45) is 4.99 Å². The van der Waals surface area contributed by atoms with E-state index in [1.54, 1.807) is 0 Å². The fraction of sp³-hybridized carbons (Fsp3) is 0.0870. The SMILES string of the molecule is C1=Cc2cc3ccc(cc4ccc(cc5nc(cc1n2)C=C5)[nH]4)[nH]3.C1=NCCO1. The Labute approximate surface area is 167 Å². The lowest BCUT2D eigenvalue weighted by Gasteiger charge is -1.86. The predicted octanol–water partition coefficient (Wildman–Crippen LogP) is 4.70. The molecule has 0 unspecified atom stereocenters. The first kappa shape index (κ1) is 17.2. The number of hydrogen-bond donors (Lipinski definition) is 2. The number of aromatic amines is 2. The highest BCUT2D eigenvalue weighted by Crippen LogP contribution is 2.17. The standard InChI is InChI=1S/C20H14N4.C3H5NO/c1-2-14-10-16-5-6-18(23-16)12-20-8-7-19(24-20)11-17-4-3-15(22-17)9-13(1)21-14;1-2-5-3-4-1/h1-12,21-22H;3H,1-2H2. The summed E-state index contributed by atoms with van der Waals surface area (Å²) in [6.07, 6.45) is 9.53. The first-order valence-electron chi connectivity index (χ1n) is 9.45. The monoisotopic (exact) mass is 381 g/mol. The minimum absolute atomic E-state index is 0.778. The average Bonchev–Trinajstić information content (AvgIpc) is 3.50. The lowest BCUT2D eigenvalue weighted by atomic mass is 10.3. The van der Waals surface area contributed by atoms with Gasteiger partial charge in [-0.1, -0.05) is 0 Å². The van der Waals surface area contributed by atoms with Crippen molar-refractivity contribution in [2.75, 3.05) is 13.2 Å². The van der Waals surface area contributed by atoms with Crippen LogP contribution in [0, 0.1) is 0 Å². The zero-order valence-corrected chi connectivity index (χ0v) is 15.7. The molecule has 3 aliphatic heterocycles. The van der Waals surface area contributed by atoms with E-state index in [0.717, 1.165) is 58.0 Å². The number of hydrogen-bond acceptors (Lipinski definition) is 4. The average molecular weight is 381 g/mol. The van der Waals surface area contributed by atoms with Gasteiger partial charge in [-0.15, -0.1) is 0 Å². The summed E-state index contributed by atoms with van der Waals surface area (Å²) in [5, 5.41) is 0. The number of ether oxygens (including phenoxy) is 1. The highest BCUT2D eigenvalue weighted by Gasteiger charge is 2.02. The number of nitrogens with zero attached hydrogens (tertiary/aromatic N) is 3. The first-order valence-corrected chi connectivity index (χ1v) is 9.45. The van der Waals surface area contributed by atoms with Crippen molar-refractivity contribution >= 4 is 52.8 Å². The molecule has 0 atom stereocenters. The molecular formula is C23H19N5O. The third kappa shape index (κ3) is 4.16. The van der Waals surface area contributed by atoms with E-state index in [1.165, 1.54) is 6.40 Å². The Bertz CT molecular complexity index is 1200. The van der Waals surface area contributed by atoms with Gasteiger partial charge < -0.3 is 14.7 Å². The molecule has 0 spiro atoms. The van der Waals surface area contributed by atoms with Crippen molar-refractivity contribution in [2.45, 2.75) is 0 Å². The summed E-state index contributed by atoms with van der Waals surface area (Å²) in [7, 11) is 0. The Morgan fingerprint density at radius 2 is 1.10 bits per heavy atom. The molecule has 6 heteroatoms. The van der Waals surface area contributed by atoms with Crippen LogP contribution < -0.4 is 0 Å². The molecule has 3 aromatic heterocycles. The van der Waals surface area contributed by atoms with Gasteiger partial charge in [0.25, 0.3) is 0 Å². The van der Waals surface area contributed by atoms with Crippen LogP contribution in [0.1, 0.15) is 22.8 Å². The van der Waals surface area contributed by atoms with E-state index in [1.807, 2.05) is 42.5 Å². The number of aliphatic imine (C=N–C) groups is 1. The van der Waals surface area contributed by atoms with E-state index < -0.39 is 0 Å². The molecule has 0 radical (unpaired) electrons. The summed E-state index contributed by atoms with van der Waals surface area (Å²) in [4.78, 5) is 19.8. The molecule has 3 aliphatic rings. The molecule has 2 N–H and O–H groups in total. The molecule has 6 nitrogen and oxygen atoms in total. The lowest BCUT2D eigenvalue weighted by molar-refractivity contribution is 0.361. The minimum Gasteiger partial charge on any atom is -0.482 e. The quantitative estimate of drug-likeness (QED) is 0.408. The predicted molar refractivity (Wildman–Crippen MR) is 118 cm³/mol. The molecule has 0 aromatic carbocycles. The van der Waals surface area contributed by atoms with Gasteiger partial charge in [-0.05, 0) is 72.8 Å². The Balaban J connectivity index is 0.000000319. The van der Waals surface area contributed by atoms with Crippen LogP contribution in [-0.4, -0.2) is 39.5 Å². The van der Waals surface area contributed by atoms with Crippen LogP contribution in [0.5, 0.6) is 0 Å². The number of H-pyrrole nitrogens is 2. The minimum atomic E-state index is 0.778. The first-order chi connectivity index (χ1) is 14.3. The third-order valence-electron chi connectivity index (χ3n) is 4.53. The van der Waals surface area contributed by atoms with Crippen LogP contribution >= 0.6 is 0 Å². The maximum Gasteiger partial charge on any atom is 0.169 e. The Hall–Kier alpha value is -3.93. The summed E-state index contributed by atoms with van der Waals surface area (Å²) in [6, 6.07) is 16.4. The smallest absolute Gasteiger partial charge is 0.169 e. The van der Waals surface area contributed by atoms with Crippen LogP contribution in [0.15, 0.2) is 53.5 Å². The summed E-state index contributed by atoms with van der Waals surface area (Å²) >= 11 is 0. The van der Waals surface area contributed by atoms with Gasteiger partial charge >= 0.3 is 0 Å². The summed E-state index contributed by atoms with van der Waals surface area (Å²) in [6.45, 7) is 1.62. The zero-order valence-electron chi connectivity index (χ0n) is 15.7. The lowest BCUT2D eigenvalue weighted by Crippen LogP contribution is -1.80. The maximum atomic E-state index is 4.65. The van der Waals surface area contributed by atoms with Gasteiger partial charge in [-0.25, -0.2) is 9.97 Å². The Morgan fingerprint density at radius 3 is 1.52 bits per heavy atom. The van der Waals surface area contributed by atoms with Crippen molar-refractivity contribution < 1.29 is 4.74 Å². The van der Waals surface area contributed by atoms with Crippen LogP contribution in [0.4, 0.5) is 0 Å². The highest BCUT2D eigenvalue weighted by molar-refractivity contribution is 5.77. The molecule has 8 bridgehead atoms. The number of aromatic nitrogens is 4. The number of fused-ring (bicyclic) bond motifs is 8. The molecule has 6 heterocycles. The van der Waals surface area contributed by atoms with Crippen molar-refractivity contribution in [1.82, 2.24) is 19.9 Å². The fourth-order valence-electron chi connectivity index (χ4n) is 3.21. The van der Waals surface area contributed by atoms with Crippen LogP contribution in [0.25, 0.3) is 46.4 Å². The van der Waals surface area contributed by atoms with E-state index in [9.17, 15) is 0 Å². The topological polar surface area (TPSA) is 79.0 Å². The second-order valence-corrected chi connectivity index (χ2v) is 6.79. The molecule has 0 aliphatic carbocycles. The number of rotatable bonds is 0. The fourth-order valence-corrected chi connectivity index (χ4v) is 3.21. The normalized spacial score (nSPS) is 13.8. The van der Waals surface area contributed by atoms with Gasteiger partial charge in [0.1, 0.15) is 6.61 Å². The maximum absolute atomic E-state index is 4.65. The van der Waals surface area contributed by atoms with Crippen LogP contribution in [-0.2, 0) is 4.74 Å². The third-order valence-corrected chi connectivity index (χ3v) is 4.53. The Morgan fingerprint density at radius 1 is 0.621 bits per heavy atom. The Kier molecular flexibility index (Phi) is 4.50. The summed E-state index contributed by atoms with van der Waals surface area (Å²) in [5.74, 6) is 0. The van der Waals surface area contributed by atoms with Crippen molar-refractivity contribution in [1.29, 1.82) is 0 Å². The number of nitrogens with one attached hydrogen (secondary N) is 2. The highest BCUT2D eigenvalue weighted by atomic mass is 16.5. The van der Waals surface area contributed by atoms with Crippen LogP contribution in [0.3, 0.4) is 0 Å². The van der Waals surface area contributed by atoms with Gasteiger partial charge in [-0.2, -0.15) is 0 Å². The second-order valence-electron chi connectivity index (χ2n) is 6.79. The van der Waals surface area contributed by atoms with Crippen molar-refractivity contribution in [3.8, 4) is 0 Å². The largest absolute Gasteiger partial charge is 0.482 e. The molecule has 0 saturated carbocycles. The van der Waals surface area contributed by atoms with Crippen molar-refractivity contribution in [3.05, 3.63) is 71.3 Å². The van der Waals surface area contributed by atoms with E-state index in [4.69, 9.17) is 0 Å². The summed E-state index contributed by atoms with van der Waals surface area (Å²) < 4.78 is 4.65. The van der Waals surface area contributed by atoms with Crippen LogP contribution in [0.2, 0.25) is 0 Å². The molecular weight excluding hydrogens is 362 g/mol. The van der Waals surface area contributed by atoms with E-state index in [0.29, 0.717) is 0 Å². The zero-order chi connectivity index (χ0) is 19.5. The molecule has 0 fully saturated rings. The van der Waals surface area contributed by atoms with Crippen molar-refractivity contribution in [3.63, 3.8) is 0 Å². The second kappa shape index (κ2) is 7.59. The molecule has 142 valence electrons. The summed E-state index contributed by atoms with van der Waals surface area (Å²) in [5.41, 5.74) is 7.86. The van der Waals surface area contributed by atoms with E-state index in [-0.39, 0.29) is 0 Å². The van der Waals surface area contributed by atoms with E-state index in [2.05, 4.69) is 60.0 Å². The molecule has 0 amide bonds. The van der Waals surface area contributed by atoms with Gasteiger partial charge in [0.15, 0.2) is 6.40 Å². The van der Waals surface area contributed by atoms with E-state index >= 15 is 0 Å². The molecule has 0 saturated heterocycles.